The molecule has 2 atom stereocenters. The van der Waals surface area contributed by atoms with E-state index in [0.717, 1.165) is 18.9 Å². The average Bonchev–Trinajstić information content (AvgIpc) is 3.05. The lowest BCUT2D eigenvalue weighted by molar-refractivity contribution is -0.123. The largest absolute Gasteiger partial charge is 0.376 e. The van der Waals surface area contributed by atoms with Crippen LogP contribution < -0.4 is 10.9 Å². The summed E-state index contributed by atoms with van der Waals surface area (Å²) in [5.41, 5.74) is -0.0322. The number of benzene rings is 1. The maximum atomic E-state index is 13.3. The minimum absolute atomic E-state index is 0.0134. The molecule has 6 nitrogen and oxygen atoms in total. The lowest BCUT2D eigenvalue weighted by Crippen LogP contribution is -2.43. The first kappa shape index (κ1) is 15.6. The Morgan fingerprint density at radius 2 is 2.39 bits per heavy atom. The third-order valence-electron chi connectivity index (χ3n) is 4.01. The highest BCUT2D eigenvalue weighted by Crippen LogP contribution is 2.15. The summed E-state index contributed by atoms with van der Waals surface area (Å²) in [6, 6.07) is 3.70. The van der Waals surface area contributed by atoms with E-state index in [-0.39, 0.29) is 30.0 Å². The fourth-order valence-electron chi connectivity index (χ4n) is 2.79. The zero-order valence-corrected chi connectivity index (χ0v) is 12.8. The van der Waals surface area contributed by atoms with Crippen molar-refractivity contribution >= 4 is 16.8 Å². The van der Waals surface area contributed by atoms with E-state index in [1.54, 1.807) is 0 Å². The third-order valence-corrected chi connectivity index (χ3v) is 4.01. The van der Waals surface area contributed by atoms with E-state index < -0.39 is 11.4 Å². The predicted molar refractivity (Wildman–Crippen MR) is 82.5 cm³/mol. The molecular formula is C16H18FN3O3. The Morgan fingerprint density at radius 3 is 3.13 bits per heavy atom. The van der Waals surface area contributed by atoms with Crippen molar-refractivity contribution in [2.75, 3.05) is 6.61 Å². The van der Waals surface area contributed by atoms with Crippen LogP contribution in [-0.4, -0.2) is 34.2 Å². The van der Waals surface area contributed by atoms with Crippen LogP contribution in [0.5, 0.6) is 0 Å². The Kier molecular flexibility index (Phi) is 4.38. The maximum Gasteiger partial charge on any atom is 0.261 e. The van der Waals surface area contributed by atoms with Crippen LogP contribution >= 0.6 is 0 Å². The van der Waals surface area contributed by atoms with Gasteiger partial charge in [-0.15, -0.1) is 0 Å². The normalized spacial score (nSPS) is 19.0. The van der Waals surface area contributed by atoms with Gasteiger partial charge in [0.25, 0.3) is 5.56 Å². The molecule has 0 aliphatic carbocycles. The van der Waals surface area contributed by atoms with Gasteiger partial charge in [0.1, 0.15) is 12.4 Å². The summed E-state index contributed by atoms with van der Waals surface area (Å²) < 4.78 is 20.0. The minimum Gasteiger partial charge on any atom is -0.376 e. The fourth-order valence-corrected chi connectivity index (χ4v) is 2.79. The molecule has 1 aliphatic rings. The van der Waals surface area contributed by atoms with Crippen molar-refractivity contribution in [2.45, 2.75) is 38.5 Å². The number of nitrogens with one attached hydrogen (secondary N) is 1. The smallest absolute Gasteiger partial charge is 0.261 e. The zero-order chi connectivity index (χ0) is 16.4. The second-order valence-electron chi connectivity index (χ2n) is 5.75. The van der Waals surface area contributed by atoms with Crippen LogP contribution in [0.4, 0.5) is 4.39 Å². The summed E-state index contributed by atoms with van der Waals surface area (Å²) in [6.45, 7) is 2.44. The van der Waals surface area contributed by atoms with Gasteiger partial charge in [0, 0.05) is 6.61 Å². The van der Waals surface area contributed by atoms with Crippen LogP contribution in [0, 0.1) is 5.82 Å². The monoisotopic (exact) mass is 319 g/mol. The van der Waals surface area contributed by atoms with Gasteiger partial charge >= 0.3 is 0 Å². The van der Waals surface area contributed by atoms with Crippen LogP contribution in [0.15, 0.2) is 29.3 Å². The highest BCUT2D eigenvalue weighted by Gasteiger charge is 2.23. The van der Waals surface area contributed by atoms with E-state index in [4.69, 9.17) is 4.74 Å². The van der Waals surface area contributed by atoms with E-state index in [1.807, 2.05) is 6.92 Å². The van der Waals surface area contributed by atoms with Gasteiger partial charge in [-0.3, -0.25) is 14.2 Å². The van der Waals surface area contributed by atoms with Crippen molar-refractivity contribution in [1.82, 2.24) is 14.9 Å². The number of aromatic nitrogens is 2. The molecule has 122 valence electrons. The Labute approximate surface area is 132 Å². The number of nitrogens with zero attached hydrogens (tertiary/aromatic N) is 2. The maximum absolute atomic E-state index is 13.3. The Hall–Kier alpha value is -2.28. The van der Waals surface area contributed by atoms with E-state index >= 15 is 0 Å². The molecule has 2 heterocycles. The number of hydrogen-bond acceptors (Lipinski definition) is 4. The molecule has 1 aromatic carbocycles. The zero-order valence-electron chi connectivity index (χ0n) is 12.8. The number of carbonyl (C=O) groups excluding carboxylic acids is 1. The molecule has 3 rings (SSSR count). The van der Waals surface area contributed by atoms with Gasteiger partial charge in [-0.2, -0.15) is 0 Å². The van der Waals surface area contributed by atoms with Gasteiger partial charge in [0.2, 0.25) is 5.91 Å². The van der Waals surface area contributed by atoms with Gasteiger partial charge in [0.05, 0.1) is 29.4 Å². The number of halogens is 1. The molecule has 1 amide bonds. The average molecular weight is 319 g/mol. The first-order valence-electron chi connectivity index (χ1n) is 7.60. The number of ether oxygens (including phenoxy) is 1. The molecule has 1 aliphatic heterocycles. The van der Waals surface area contributed by atoms with E-state index in [1.165, 1.54) is 23.0 Å². The van der Waals surface area contributed by atoms with Crippen LogP contribution in [0.1, 0.15) is 19.8 Å². The van der Waals surface area contributed by atoms with Crippen molar-refractivity contribution in [3.63, 3.8) is 0 Å². The van der Waals surface area contributed by atoms with Crippen molar-refractivity contribution < 1.29 is 13.9 Å². The number of rotatable bonds is 4. The van der Waals surface area contributed by atoms with E-state index in [9.17, 15) is 14.0 Å². The highest BCUT2D eigenvalue weighted by molar-refractivity contribution is 5.79. The molecule has 0 saturated carbocycles. The molecule has 0 spiro atoms. The second-order valence-corrected chi connectivity index (χ2v) is 5.75. The van der Waals surface area contributed by atoms with Crippen LogP contribution in [0.25, 0.3) is 10.9 Å². The number of fused-ring (bicyclic) bond motifs is 1. The molecule has 23 heavy (non-hydrogen) atoms. The first-order chi connectivity index (χ1) is 11.0. The Balaban J connectivity index is 1.74. The molecule has 0 unspecified atom stereocenters. The minimum atomic E-state index is -0.509. The Morgan fingerprint density at radius 1 is 1.57 bits per heavy atom. The van der Waals surface area contributed by atoms with Crippen molar-refractivity contribution in [2.24, 2.45) is 0 Å². The summed E-state index contributed by atoms with van der Waals surface area (Å²) in [6.07, 6.45) is 3.22. The second kappa shape index (κ2) is 6.45. The summed E-state index contributed by atoms with van der Waals surface area (Å²) >= 11 is 0. The highest BCUT2D eigenvalue weighted by atomic mass is 19.1. The number of hydrogen-bond donors (Lipinski definition) is 1. The molecule has 1 fully saturated rings. The summed E-state index contributed by atoms with van der Waals surface area (Å²) in [5.74, 6) is -0.807. The molecule has 1 N–H and O–H groups in total. The quantitative estimate of drug-likeness (QED) is 0.919. The van der Waals surface area contributed by atoms with Crippen molar-refractivity contribution in [3.8, 4) is 0 Å². The van der Waals surface area contributed by atoms with E-state index in [0.29, 0.717) is 12.1 Å². The van der Waals surface area contributed by atoms with Crippen LogP contribution in [0.2, 0.25) is 0 Å². The fraction of sp³-hybridized carbons (Fsp3) is 0.438. The lowest BCUT2D eigenvalue weighted by Gasteiger charge is -2.20. The summed E-state index contributed by atoms with van der Waals surface area (Å²) in [5, 5.41) is 2.99. The molecular weight excluding hydrogens is 301 g/mol. The molecule has 2 aromatic rings. The molecule has 1 aromatic heterocycles. The summed E-state index contributed by atoms with van der Waals surface area (Å²) in [4.78, 5) is 28.5. The molecule has 7 heteroatoms. The van der Waals surface area contributed by atoms with Crippen LogP contribution in [-0.2, 0) is 16.1 Å². The molecule has 0 radical (unpaired) electrons. The van der Waals surface area contributed by atoms with Crippen LogP contribution in [0.3, 0.4) is 0 Å². The number of amides is 1. The van der Waals surface area contributed by atoms with Crippen molar-refractivity contribution in [1.29, 1.82) is 0 Å². The predicted octanol–water partition coefficient (Wildman–Crippen LogP) is 1.22. The van der Waals surface area contributed by atoms with Gasteiger partial charge in [-0.25, -0.2) is 9.37 Å². The first-order valence-corrected chi connectivity index (χ1v) is 7.60. The summed E-state index contributed by atoms with van der Waals surface area (Å²) in [7, 11) is 0. The van der Waals surface area contributed by atoms with E-state index in [2.05, 4.69) is 10.3 Å². The van der Waals surface area contributed by atoms with Gasteiger partial charge in [-0.05, 0) is 38.0 Å². The van der Waals surface area contributed by atoms with Gasteiger partial charge in [-0.1, -0.05) is 0 Å². The topological polar surface area (TPSA) is 73.2 Å². The standard InChI is InChI=1S/C16H18FN3O3/c1-10(14-3-2-6-23-14)19-15(21)8-20-9-18-13-5-4-11(17)7-12(13)16(20)22/h4-5,7,9-10,14H,2-3,6,8H2,1H3,(H,19,21)/t10-,14-/m0/s1. The number of carbonyl (C=O) groups is 1. The lowest BCUT2D eigenvalue weighted by atomic mass is 10.1. The van der Waals surface area contributed by atoms with Crippen molar-refractivity contribution in [3.05, 3.63) is 40.7 Å². The Bertz CT molecular complexity index is 784. The molecule has 0 bridgehead atoms. The molecule has 1 saturated heterocycles. The van der Waals surface area contributed by atoms with Gasteiger partial charge in [0.15, 0.2) is 0 Å². The van der Waals surface area contributed by atoms with Gasteiger partial charge < -0.3 is 10.1 Å². The third kappa shape index (κ3) is 3.39. The SMILES string of the molecule is C[C@H](NC(=O)Cn1cnc2ccc(F)cc2c1=O)[C@@H]1CCCO1.